The van der Waals surface area contributed by atoms with E-state index in [-0.39, 0.29) is 11.2 Å². The standard InChI is InChI=1S/C14H10Br2ClFN2S/c1-7(17)14-19-11-5-10(18)9(15)4-12(11)20(14)6-8-2-3-13(16)21-8/h2-5,7H,6H2,1H3. The predicted molar refractivity (Wildman–Crippen MR) is 92.8 cm³/mol. The molecule has 1 unspecified atom stereocenters. The monoisotopic (exact) mass is 450 g/mol. The highest BCUT2D eigenvalue weighted by molar-refractivity contribution is 9.11. The maximum atomic E-state index is 13.7. The average molecular weight is 453 g/mol. The molecule has 7 heteroatoms. The van der Waals surface area contributed by atoms with Gasteiger partial charge in [0.2, 0.25) is 0 Å². The van der Waals surface area contributed by atoms with Gasteiger partial charge in [0.05, 0.1) is 31.2 Å². The Morgan fingerprint density at radius 3 is 2.76 bits per heavy atom. The third-order valence-corrected chi connectivity index (χ3v) is 5.53. The summed E-state index contributed by atoms with van der Waals surface area (Å²) < 4.78 is 17.2. The number of thiophene rings is 1. The molecule has 0 aliphatic rings. The van der Waals surface area contributed by atoms with Crippen LogP contribution in [0.1, 0.15) is 23.0 Å². The molecular formula is C14H10Br2ClFN2S. The Hall–Kier alpha value is -0.430. The van der Waals surface area contributed by atoms with Gasteiger partial charge in [0.25, 0.3) is 0 Å². The van der Waals surface area contributed by atoms with Gasteiger partial charge in [0.15, 0.2) is 0 Å². The second-order valence-electron chi connectivity index (χ2n) is 4.63. The molecule has 2 heterocycles. The van der Waals surface area contributed by atoms with Crippen molar-refractivity contribution < 1.29 is 4.39 Å². The molecule has 0 saturated carbocycles. The number of benzene rings is 1. The zero-order valence-electron chi connectivity index (χ0n) is 10.9. The van der Waals surface area contributed by atoms with Crippen LogP contribution in [0.3, 0.4) is 0 Å². The summed E-state index contributed by atoms with van der Waals surface area (Å²) in [4.78, 5) is 5.66. The van der Waals surface area contributed by atoms with Crippen molar-refractivity contribution in [3.8, 4) is 0 Å². The fraction of sp³-hybridized carbons (Fsp3) is 0.214. The Bertz CT molecular complexity index is 813. The second-order valence-corrected chi connectivity index (χ2v) is 8.69. The lowest BCUT2D eigenvalue weighted by atomic mass is 10.3. The smallest absolute Gasteiger partial charge is 0.139 e. The van der Waals surface area contributed by atoms with Gasteiger partial charge in [0.1, 0.15) is 11.6 Å². The Labute approximate surface area is 147 Å². The Kier molecular flexibility index (Phi) is 4.41. The second kappa shape index (κ2) is 5.99. The molecule has 1 atom stereocenters. The van der Waals surface area contributed by atoms with Crippen molar-refractivity contribution in [2.45, 2.75) is 18.8 Å². The number of nitrogens with zero attached hydrogens (tertiary/aromatic N) is 2. The summed E-state index contributed by atoms with van der Waals surface area (Å²) in [5, 5.41) is -0.248. The first-order chi connectivity index (χ1) is 9.95. The molecule has 0 saturated heterocycles. The van der Waals surface area contributed by atoms with Gasteiger partial charge < -0.3 is 4.57 Å². The molecular weight excluding hydrogens is 442 g/mol. The Balaban J connectivity index is 2.17. The number of hydrogen-bond acceptors (Lipinski definition) is 2. The molecule has 2 aromatic heterocycles. The molecule has 0 N–H and O–H groups in total. The Morgan fingerprint density at radius 1 is 1.38 bits per heavy atom. The zero-order valence-corrected chi connectivity index (χ0v) is 15.7. The van der Waals surface area contributed by atoms with Gasteiger partial charge in [-0.1, -0.05) is 0 Å². The van der Waals surface area contributed by atoms with E-state index in [4.69, 9.17) is 11.6 Å². The van der Waals surface area contributed by atoms with Crippen LogP contribution < -0.4 is 0 Å². The summed E-state index contributed by atoms with van der Waals surface area (Å²) in [5.41, 5.74) is 1.49. The molecule has 3 aromatic rings. The van der Waals surface area contributed by atoms with Crippen LogP contribution in [0.4, 0.5) is 4.39 Å². The van der Waals surface area contributed by atoms with E-state index >= 15 is 0 Å². The first kappa shape index (κ1) is 15.5. The topological polar surface area (TPSA) is 17.8 Å². The van der Waals surface area contributed by atoms with E-state index in [2.05, 4.69) is 42.9 Å². The van der Waals surface area contributed by atoms with Crippen LogP contribution in [-0.2, 0) is 6.54 Å². The van der Waals surface area contributed by atoms with Gasteiger partial charge in [0, 0.05) is 10.9 Å². The van der Waals surface area contributed by atoms with Crippen molar-refractivity contribution in [3.63, 3.8) is 0 Å². The lowest BCUT2D eigenvalue weighted by Crippen LogP contribution is -2.04. The molecule has 0 radical (unpaired) electrons. The van der Waals surface area contributed by atoms with E-state index in [0.29, 0.717) is 16.5 Å². The summed E-state index contributed by atoms with van der Waals surface area (Å²) >= 11 is 14.6. The van der Waals surface area contributed by atoms with Crippen molar-refractivity contribution in [1.29, 1.82) is 0 Å². The maximum Gasteiger partial charge on any atom is 0.139 e. The number of imidazole rings is 1. The molecule has 21 heavy (non-hydrogen) atoms. The van der Waals surface area contributed by atoms with E-state index in [1.54, 1.807) is 17.4 Å². The summed E-state index contributed by atoms with van der Waals surface area (Å²) in [5.74, 6) is 0.425. The van der Waals surface area contributed by atoms with Crippen LogP contribution in [0.5, 0.6) is 0 Å². The molecule has 1 aromatic carbocycles. The summed E-state index contributed by atoms with van der Waals surface area (Å²) in [6, 6.07) is 7.26. The molecule has 0 amide bonds. The summed E-state index contributed by atoms with van der Waals surface area (Å²) in [6.07, 6.45) is 0. The first-order valence-corrected chi connectivity index (χ1v) is 9.03. The first-order valence-electron chi connectivity index (χ1n) is 6.19. The number of halogens is 4. The molecule has 2 nitrogen and oxygen atoms in total. The third kappa shape index (κ3) is 3.04. The SMILES string of the molecule is CC(Cl)c1nc2cc(F)c(Br)cc2n1Cc1ccc(Br)s1. The molecule has 0 bridgehead atoms. The van der Waals surface area contributed by atoms with E-state index in [1.807, 2.05) is 17.6 Å². The van der Waals surface area contributed by atoms with Gasteiger partial charge >= 0.3 is 0 Å². The lowest BCUT2D eigenvalue weighted by molar-refractivity contribution is 0.622. The average Bonchev–Trinajstić information content (AvgIpc) is 2.96. The van der Waals surface area contributed by atoms with E-state index in [0.717, 1.165) is 15.1 Å². The minimum absolute atomic E-state index is 0.248. The lowest BCUT2D eigenvalue weighted by Gasteiger charge is -2.09. The fourth-order valence-corrected chi connectivity index (χ4v) is 4.17. The number of rotatable bonds is 3. The van der Waals surface area contributed by atoms with Crippen molar-refractivity contribution in [1.82, 2.24) is 9.55 Å². The van der Waals surface area contributed by atoms with E-state index < -0.39 is 0 Å². The van der Waals surface area contributed by atoms with Crippen LogP contribution in [-0.4, -0.2) is 9.55 Å². The zero-order chi connectivity index (χ0) is 15.1. The van der Waals surface area contributed by atoms with Crippen LogP contribution in [0.2, 0.25) is 0 Å². The van der Waals surface area contributed by atoms with Gasteiger partial charge in [-0.25, -0.2) is 9.37 Å². The van der Waals surface area contributed by atoms with Crippen molar-refractivity contribution >= 4 is 65.8 Å². The van der Waals surface area contributed by atoms with Gasteiger partial charge in [-0.15, -0.1) is 22.9 Å². The van der Waals surface area contributed by atoms with Gasteiger partial charge in [-0.05, 0) is 57.0 Å². The van der Waals surface area contributed by atoms with Crippen molar-refractivity contribution in [3.05, 3.63) is 49.0 Å². The number of aromatic nitrogens is 2. The molecule has 0 aliphatic heterocycles. The summed E-state index contributed by atoms with van der Waals surface area (Å²) in [7, 11) is 0. The number of alkyl halides is 1. The van der Waals surface area contributed by atoms with Crippen molar-refractivity contribution in [2.24, 2.45) is 0 Å². The minimum atomic E-state index is -0.320. The number of hydrogen-bond donors (Lipinski definition) is 0. The highest BCUT2D eigenvalue weighted by atomic mass is 79.9. The van der Waals surface area contributed by atoms with Gasteiger partial charge in [-0.2, -0.15) is 0 Å². The predicted octanol–water partition coefficient (Wildman–Crippen LogP) is 6.11. The quantitative estimate of drug-likeness (QED) is 0.439. The number of fused-ring (bicyclic) bond motifs is 1. The van der Waals surface area contributed by atoms with Gasteiger partial charge in [-0.3, -0.25) is 0 Å². The molecule has 0 fully saturated rings. The molecule has 3 rings (SSSR count). The van der Waals surface area contributed by atoms with Crippen molar-refractivity contribution in [2.75, 3.05) is 0 Å². The largest absolute Gasteiger partial charge is 0.321 e. The molecule has 0 aliphatic carbocycles. The molecule has 0 spiro atoms. The summed E-state index contributed by atoms with van der Waals surface area (Å²) in [6.45, 7) is 2.53. The van der Waals surface area contributed by atoms with E-state index in [9.17, 15) is 4.39 Å². The fourth-order valence-electron chi connectivity index (χ4n) is 2.20. The van der Waals surface area contributed by atoms with Crippen LogP contribution in [0, 0.1) is 5.82 Å². The van der Waals surface area contributed by atoms with Crippen LogP contribution in [0.15, 0.2) is 32.5 Å². The normalized spacial score (nSPS) is 13.0. The van der Waals surface area contributed by atoms with Crippen LogP contribution in [0.25, 0.3) is 11.0 Å². The van der Waals surface area contributed by atoms with Crippen LogP contribution >= 0.6 is 54.8 Å². The minimum Gasteiger partial charge on any atom is -0.321 e. The van der Waals surface area contributed by atoms with E-state index in [1.165, 1.54) is 10.9 Å². The maximum absolute atomic E-state index is 13.7. The molecule has 110 valence electrons. The highest BCUT2D eigenvalue weighted by Gasteiger charge is 2.17. The third-order valence-electron chi connectivity index (χ3n) is 3.12. The highest BCUT2D eigenvalue weighted by Crippen LogP contribution is 2.31. The Morgan fingerprint density at radius 2 is 2.14 bits per heavy atom.